The minimum Gasteiger partial charge on any atom is -0.387 e. The Kier molecular flexibility index (Phi) is 6.12. The Hall–Kier alpha value is -2.17. The van der Waals surface area contributed by atoms with Gasteiger partial charge in [0.15, 0.2) is 0 Å². The van der Waals surface area contributed by atoms with Crippen LogP contribution in [0.1, 0.15) is 28.4 Å². The van der Waals surface area contributed by atoms with E-state index in [-0.39, 0.29) is 12.5 Å². The number of amides is 1. The second kappa shape index (κ2) is 8.08. The number of hydrogen-bond acceptors (Lipinski definition) is 3. The maximum Gasteiger partial charge on any atom is 0.251 e. The zero-order valence-electron chi connectivity index (χ0n) is 14.6. The van der Waals surface area contributed by atoms with Gasteiger partial charge in [0.05, 0.1) is 5.60 Å². The van der Waals surface area contributed by atoms with Crippen LogP contribution in [0.15, 0.2) is 54.6 Å². The molecule has 0 bridgehead atoms. The van der Waals surface area contributed by atoms with E-state index in [1.165, 1.54) is 0 Å². The van der Waals surface area contributed by atoms with Crippen LogP contribution >= 0.6 is 0 Å². The highest BCUT2D eigenvalue weighted by molar-refractivity contribution is 5.95. The maximum absolute atomic E-state index is 12.6. The highest BCUT2D eigenvalue weighted by Crippen LogP contribution is 2.15. The maximum atomic E-state index is 12.6. The van der Waals surface area contributed by atoms with Crippen molar-refractivity contribution < 1.29 is 9.90 Å². The summed E-state index contributed by atoms with van der Waals surface area (Å²) in [5, 5.41) is 13.2. The van der Waals surface area contributed by atoms with Gasteiger partial charge in [0, 0.05) is 18.7 Å². The molecule has 2 rings (SSSR count). The zero-order chi connectivity index (χ0) is 17.6. The first kappa shape index (κ1) is 18.2. The van der Waals surface area contributed by atoms with Gasteiger partial charge in [-0.05, 0) is 44.6 Å². The Labute approximate surface area is 144 Å². The van der Waals surface area contributed by atoms with Crippen molar-refractivity contribution in [3.63, 3.8) is 0 Å². The molecule has 0 aliphatic heterocycles. The molecule has 4 heteroatoms. The molecule has 1 unspecified atom stereocenters. The van der Waals surface area contributed by atoms with Crippen molar-refractivity contribution in [2.45, 2.75) is 18.9 Å². The molecule has 0 heterocycles. The standard InChI is InChI=1S/C20H26N2O2/c1-20(24,15-22(2)3)14-21-19(23)18-12-8-7-11-17(18)13-16-9-5-4-6-10-16/h4-12,24H,13-15H2,1-3H3,(H,21,23). The number of carbonyl (C=O) groups excluding carboxylic acids is 1. The molecule has 0 fully saturated rings. The largest absolute Gasteiger partial charge is 0.387 e. The fraction of sp³-hybridized carbons (Fsp3) is 0.350. The fourth-order valence-electron chi connectivity index (χ4n) is 2.81. The molecule has 0 aromatic heterocycles. The van der Waals surface area contributed by atoms with Crippen LogP contribution in [-0.4, -0.2) is 48.7 Å². The average molecular weight is 326 g/mol. The van der Waals surface area contributed by atoms with Gasteiger partial charge in [-0.15, -0.1) is 0 Å². The van der Waals surface area contributed by atoms with Crippen LogP contribution in [0.4, 0.5) is 0 Å². The predicted molar refractivity (Wildman–Crippen MR) is 97.2 cm³/mol. The number of benzene rings is 2. The van der Waals surface area contributed by atoms with E-state index >= 15 is 0 Å². The normalized spacial score (nSPS) is 13.5. The lowest BCUT2D eigenvalue weighted by atomic mass is 9.99. The van der Waals surface area contributed by atoms with Gasteiger partial charge in [0.25, 0.3) is 5.91 Å². The summed E-state index contributed by atoms with van der Waals surface area (Å²) < 4.78 is 0. The monoisotopic (exact) mass is 326 g/mol. The molecule has 0 aliphatic rings. The third-order valence-corrected chi connectivity index (χ3v) is 3.79. The van der Waals surface area contributed by atoms with Crippen molar-refractivity contribution in [2.24, 2.45) is 0 Å². The topological polar surface area (TPSA) is 52.6 Å². The number of nitrogens with zero attached hydrogens (tertiary/aromatic N) is 1. The van der Waals surface area contributed by atoms with Gasteiger partial charge in [0.2, 0.25) is 0 Å². The molecular weight excluding hydrogens is 300 g/mol. The number of rotatable bonds is 7. The van der Waals surface area contributed by atoms with E-state index < -0.39 is 5.60 Å². The van der Waals surface area contributed by atoms with Gasteiger partial charge in [-0.3, -0.25) is 4.79 Å². The summed E-state index contributed by atoms with van der Waals surface area (Å²) in [5.74, 6) is -0.152. The Bertz CT molecular complexity index is 666. The molecule has 0 saturated heterocycles. The molecule has 0 radical (unpaired) electrons. The summed E-state index contributed by atoms with van der Waals surface area (Å²) in [5.41, 5.74) is 1.83. The molecule has 0 spiro atoms. The van der Waals surface area contributed by atoms with Crippen molar-refractivity contribution in [2.75, 3.05) is 27.2 Å². The molecule has 2 N–H and O–H groups in total. The van der Waals surface area contributed by atoms with Crippen LogP contribution in [0.5, 0.6) is 0 Å². The van der Waals surface area contributed by atoms with Crippen LogP contribution < -0.4 is 5.32 Å². The molecule has 1 atom stereocenters. The van der Waals surface area contributed by atoms with Gasteiger partial charge in [-0.25, -0.2) is 0 Å². The molecule has 128 valence electrons. The van der Waals surface area contributed by atoms with Gasteiger partial charge >= 0.3 is 0 Å². The molecule has 0 aliphatic carbocycles. The minimum absolute atomic E-state index is 0.152. The Balaban J connectivity index is 2.07. The Morgan fingerprint density at radius 1 is 1.08 bits per heavy atom. The van der Waals surface area contributed by atoms with E-state index in [4.69, 9.17) is 0 Å². The van der Waals surface area contributed by atoms with Crippen molar-refractivity contribution in [1.82, 2.24) is 10.2 Å². The molecule has 0 saturated carbocycles. The number of aliphatic hydroxyl groups is 1. The van der Waals surface area contributed by atoms with Crippen molar-refractivity contribution in [3.05, 3.63) is 71.3 Å². The van der Waals surface area contributed by atoms with E-state index in [1.807, 2.05) is 61.5 Å². The lowest BCUT2D eigenvalue weighted by Gasteiger charge is -2.27. The smallest absolute Gasteiger partial charge is 0.251 e. The SMILES string of the molecule is CN(C)CC(C)(O)CNC(=O)c1ccccc1Cc1ccccc1. The fourth-order valence-corrected chi connectivity index (χ4v) is 2.81. The van der Waals surface area contributed by atoms with Crippen LogP contribution in [0, 0.1) is 0 Å². The molecule has 1 amide bonds. The predicted octanol–water partition coefficient (Wildman–Crippen LogP) is 2.32. The summed E-state index contributed by atoms with van der Waals surface area (Å²) >= 11 is 0. The van der Waals surface area contributed by atoms with Crippen molar-refractivity contribution in [1.29, 1.82) is 0 Å². The molecule has 2 aromatic rings. The number of carbonyl (C=O) groups is 1. The lowest BCUT2D eigenvalue weighted by molar-refractivity contribution is 0.0326. The minimum atomic E-state index is -0.965. The van der Waals surface area contributed by atoms with Crippen molar-refractivity contribution in [3.8, 4) is 0 Å². The Morgan fingerprint density at radius 2 is 1.71 bits per heavy atom. The van der Waals surface area contributed by atoms with E-state index in [2.05, 4.69) is 17.4 Å². The average Bonchev–Trinajstić information content (AvgIpc) is 2.53. The molecule has 4 nitrogen and oxygen atoms in total. The first-order chi connectivity index (χ1) is 11.4. The highest BCUT2D eigenvalue weighted by Gasteiger charge is 2.23. The lowest BCUT2D eigenvalue weighted by Crippen LogP contribution is -2.47. The molecular formula is C20H26N2O2. The second-order valence-electron chi connectivity index (χ2n) is 6.74. The summed E-state index contributed by atoms with van der Waals surface area (Å²) in [7, 11) is 3.79. The van der Waals surface area contributed by atoms with Crippen LogP contribution in [-0.2, 0) is 6.42 Å². The van der Waals surface area contributed by atoms with E-state index in [0.29, 0.717) is 18.5 Å². The zero-order valence-corrected chi connectivity index (χ0v) is 14.6. The summed E-state index contributed by atoms with van der Waals surface area (Å²) in [6.07, 6.45) is 0.707. The van der Waals surface area contributed by atoms with E-state index in [1.54, 1.807) is 6.92 Å². The number of hydrogen-bond donors (Lipinski definition) is 2. The highest BCUT2D eigenvalue weighted by atomic mass is 16.3. The van der Waals surface area contributed by atoms with E-state index in [9.17, 15) is 9.90 Å². The van der Waals surface area contributed by atoms with Crippen LogP contribution in [0.25, 0.3) is 0 Å². The third-order valence-electron chi connectivity index (χ3n) is 3.79. The third kappa shape index (κ3) is 5.48. The van der Waals surface area contributed by atoms with Gasteiger partial charge in [0.1, 0.15) is 0 Å². The quantitative estimate of drug-likeness (QED) is 0.821. The Morgan fingerprint density at radius 3 is 2.38 bits per heavy atom. The summed E-state index contributed by atoms with van der Waals surface area (Å²) in [6, 6.07) is 17.7. The number of likely N-dealkylation sites (N-methyl/N-ethyl adjacent to an activating group) is 1. The van der Waals surface area contributed by atoms with Crippen molar-refractivity contribution >= 4 is 5.91 Å². The summed E-state index contributed by atoms with van der Waals surface area (Å²) in [6.45, 7) is 2.42. The first-order valence-electron chi connectivity index (χ1n) is 8.14. The van der Waals surface area contributed by atoms with Crippen LogP contribution in [0.3, 0.4) is 0 Å². The molecule has 2 aromatic carbocycles. The second-order valence-corrected chi connectivity index (χ2v) is 6.74. The van der Waals surface area contributed by atoms with Gasteiger partial charge < -0.3 is 15.3 Å². The summed E-state index contributed by atoms with van der Waals surface area (Å²) in [4.78, 5) is 14.5. The van der Waals surface area contributed by atoms with E-state index in [0.717, 1.165) is 11.1 Å². The number of nitrogens with one attached hydrogen (secondary N) is 1. The van der Waals surface area contributed by atoms with Crippen LogP contribution in [0.2, 0.25) is 0 Å². The van der Waals surface area contributed by atoms with Gasteiger partial charge in [-0.1, -0.05) is 48.5 Å². The first-order valence-corrected chi connectivity index (χ1v) is 8.14. The van der Waals surface area contributed by atoms with Gasteiger partial charge in [-0.2, -0.15) is 0 Å². The molecule has 24 heavy (non-hydrogen) atoms.